The lowest BCUT2D eigenvalue weighted by Gasteiger charge is -2.17. The van der Waals surface area contributed by atoms with E-state index in [-0.39, 0.29) is 25.3 Å². The van der Waals surface area contributed by atoms with E-state index in [1.807, 2.05) is 54.6 Å². The number of thioether (sulfide) groups is 1. The highest BCUT2D eigenvalue weighted by Crippen LogP contribution is 2.31. The summed E-state index contributed by atoms with van der Waals surface area (Å²) in [4.78, 5) is 38.4. The molecular weight excluding hydrogens is 444 g/mol. The summed E-state index contributed by atoms with van der Waals surface area (Å²) in [5.41, 5.74) is 1.82. The lowest BCUT2D eigenvalue weighted by molar-refractivity contribution is -0.141. The fourth-order valence-electron chi connectivity index (χ4n) is 3.05. The zero-order valence-electron chi connectivity index (χ0n) is 17.1. The Morgan fingerprint density at radius 1 is 1.09 bits per heavy atom. The van der Waals surface area contributed by atoms with Crippen molar-refractivity contribution < 1.29 is 19.5 Å². The number of benzene rings is 2. The summed E-state index contributed by atoms with van der Waals surface area (Å²) in [6.07, 6.45) is 5.51. The van der Waals surface area contributed by atoms with Crippen LogP contribution in [-0.4, -0.2) is 44.7 Å². The third kappa shape index (κ3) is 6.63. The molecule has 0 saturated carbocycles. The minimum absolute atomic E-state index is 0.0435. The lowest BCUT2D eigenvalue weighted by Crippen LogP contribution is -2.43. The quantitative estimate of drug-likeness (QED) is 0.433. The van der Waals surface area contributed by atoms with Crippen LogP contribution in [0, 0.1) is 0 Å². The number of thiocarbonyl (C=S) groups is 1. The largest absolute Gasteiger partial charge is 0.480 e. The Morgan fingerprint density at radius 2 is 1.75 bits per heavy atom. The number of aliphatic carboxylic acids is 1. The Morgan fingerprint density at radius 3 is 2.41 bits per heavy atom. The van der Waals surface area contributed by atoms with Gasteiger partial charge in [0, 0.05) is 19.4 Å². The SMILES string of the molecule is O=C(CCN1C(=O)/C(=C\C=C\c2ccccc2)SC1=S)NC(Cc1ccccc1)C(=O)O. The molecule has 1 atom stereocenters. The maximum atomic E-state index is 12.6. The van der Waals surface area contributed by atoms with Crippen LogP contribution in [0.4, 0.5) is 0 Å². The van der Waals surface area contributed by atoms with Crippen LogP contribution in [0.2, 0.25) is 0 Å². The number of allylic oxidation sites excluding steroid dienone is 2. The van der Waals surface area contributed by atoms with Gasteiger partial charge in [-0.3, -0.25) is 14.5 Å². The van der Waals surface area contributed by atoms with Crippen LogP contribution >= 0.6 is 24.0 Å². The predicted molar refractivity (Wildman–Crippen MR) is 130 cm³/mol. The molecular formula is C24H22N2O4S2. The number of hydrogen-bond donors (Lipinski definition) is 2. The van der Waals surface area contributed by atoms with E-state index in [0.717, 1.165) is 11.1 Å². The van der Waals surface area contributed by atoms with Crippen molar-refractivity contribution in [1.82, 2.24) is 10.2 Å². The standard InChI is InChI=1S/C24H22N2O4S2/c27-21(25-19(23(29)30)16-18-10-5-2-6-11-18)14-15-26-22(28)20(32-24(26)31)13-7-12-17-8-3-1-4-9-17/h1-13,19H,14-16H2,(H,25,27)(H,29,30)/b12-7+,20-13+. The van der Waals surface area contributed by atoms with E-state index < -0.39 is 17.9 Å². The molecule has 1 unspecified atom stereocenters. The zero-order valence-corrected chi connectivity index (χ0v) is 18.8. The van der Waals surface area contributed by atoms with Gasteiger partial charge in [-0.05, 0) is 17.2 Å². The third-order valence-electron chi connectivity index (χ3n) is 4.69. The van der Waals surface area contributed by atoms with Crippen LogP contribution in [0.5, 0.6) is 0 Å². The summed E-state index contributed by atoms with van der Waals surface area (Å²) in [7, 11) is 0. The first kappa shape index (κ1) is 23.4. The topological polar surface area (TPSA) is 86.7 Å². The van der Waals surface area contributed by atoms with Crippen molar-refractivity contribution in [3.05, 3.63) is 88.8 Å². The Kier molecular flexibility index (Phi) is 8.35. The van der Waals surface area contributed by atoms with Gasteiger partial charge in [0.05, 0.1) is 4.91 Å². The maximum Gasteiger partial charge on any atom is 0.326 e. The Bertz CT molecular complexity index is 1050. The number of carbonyl (C=O) groups excluding carboxylic acids is 2. The van der Waals surface area contributed by atoms with E-state index in [1.165, 1.54) is 16.7 Å². The van der Waals surface area contributed by atoms with E-state index in [2.05, 4.69) is 5.32 Å². The van der Waals surface area contributed by atoms with Gasteiger partial charge in [-0.1, -0.05) is 96.8 Å². The van der Waals surface area contributed by atoms with E-state index in [9.17, 15) is 19.5 Å². The van der Waals surface area contributed by atoms with Crippen LogP contribution in [0.3, 0.4) is 0 Å². The summed E-state index contributed by atoms with van der Waals surface area (Å²) in [5, 5.41) is 12.0. The average Bonchev–Trinajstić information content (AvgIpc) is 3.05. The number of carboxylic acids is 1. The second-order valence-electron chi connectivity index (χ2n) is 7.02. The van der Waals surface area contributed by atoms with Gasteiger partial charge in [-0.2, -0.15) is 0 Å². The first-order chi connectivity index (χ1) is 15.4. The van der Waals surface area contributed by atoms with Gasteiger partial charge >= 0.3 is 5.97 Å². The second-order valence-corrected chi connectivity index (χ2v) is 8.70. The minimum Gasteiger partial charge on any atom is -0.480 e. The van der Waals surface area contributed by atoms with Crippen LogP contribution < -0.4 is 5.32 Å². The first-order valence-corrected chi connectivity index (χ1v) is 11.2. The number of amides is 2. The predicted octanol–water partition coefficient (Wildman–Crippen LogP) is 3.65. The van der Waals surface area contributed by atoms with Crippen LogP contribution in [0.15, 0.2) is 77.7 Å². The van der Waals surface area contributed by atoms with Crippen molar-refractivity contribution in [2.75, 3.05) is 6.54 Å². The summed E-state index contributed by atoms with van der Waals surface area (Å²) in [6.45, 7) is 0.0912. The molecule has 0 aliphatic carbocycles. The molecule has 8 heteroatoms. The molecule has 0 radical (unpaired) electrons. The Labute approximate surface area is 196 Å². The molecule has 1 aliphatic heterocycles. The Balaban J connectivity index is 1.54. The van der Waals surface area contributed by atoms with Gasteiger partial charge in [0.2, 0.25) is 5.91 Å². The normalized spacial score (nSPS) is 16.0. The van der Waals surface area contributed by atoms with Gasteiger partial charge in [-0.25, -0.2) is 4.79 Å². The van der Waals surface area contributed by atoms with Gasteiger partial charge in [0.1, 0.15) is 10.4 Å². The third-order valence-corrected chi connectivity index (χ3v) is 6.08. The summed E-state index contributed by atoms with van der Waals surface area (Å²) >= 11 is 6.46. The van der Waals surface area contributed by atoms with Crippen molar-refractivity contribution in [1.29, 1.82) is 0 Å². The van der Waals surface area contributed by atoms with E-state index in [0.29, 0.717) is 9.23 Å². The molecule has 1 fully saturated rings. The molecule has 2 aromatic rings. The molecule has 1 saturated heterocycles. The van der Waals surface area contributed by atoms with Crippen LogP contribution in [0.25, 0.3) is 6.08 Å². The molecule has 0 aromatic heterocycles. The maximum absolute atomic E-state index is 12.6. The van der Waals surface area contributed by atoms with Gasteiger partial charge in [0.25, 0.3) is 5.91 Å². The fourth-order valence-corrected chi connectivity index (χ4v) is 4.31. The number of carbonyl (C=O) groups is 3. The van der Waals surface area contributed by atoms with Crippen molar-refractivity contribution in [2.45, 2.75) is 18.9 Å². The summed E-state index contributed by atoms with van der Waals surface area (Å²) in [6, 6.07) is 17.7. The Hall–Kier alpha value is -3.23. The van der Waals surface area contributed by atoms with Gasteiger partial charge in [-0.15, -0.1) is 0 Å². The molecule has 32 heavy (non-hydrogen) atoms. The van der Waals surface area contributed by atoms with Crippen LogP contribution in [0.1, 0.15) is 17.5 Å². The average molecular weight is 467 g/mol. The van der Waals surface area contributed by atoms with E-state index >= 15 is 0 Å². The lowest BCUT2D eigenvalue weighted by atomic mass is 10.1. The van der Waals surface area contributed by atoms with Crippen molar-refractivity contribution in [3.63, 3.8) is 0 Å². The number of nitrogens with zero attached hydrogens (tertiary/aromatic N) is 1. The fraction of sp³-hybridized carbons (Fsp3) is 0.167. The zero-order chi connectivity index (χ0) is 22.9. The molecule has 6 nitrogen and oxygen atoms in total. The number of nitrogens with one attached hydrogen (secondary N) is 1. The van der Waals surface area contributed by atoms with E-state index in [4.69, 9.17) is 12.2 Å². The van der Waals surface area contributed by atoms with Crippen molar-refractivity contribution in [3.8, 4) is 0 Å². The smallest absolute Gasteiger partial charge is 0.326 e. The molecule has 164 valence electrons. The van der Waals surface area contributed by atoms with Crippen molar-refractivity contribution >= 4 is 52.2 Å². The minimum atomic E-state index is -1.11. The monoisotopic (exact) mass is 466 g/mol. The number of carboxylic acid groups (broad SMARTS) is 1. The first-order valence-electron chi connectivity index (χ1n) is 9.97. The number of hydrogen-bond acceptors (Lipinski definition) is 5. The van der Waals surface area contributed by atoms with E-state index in [1.54, 1.807) is 24.3 Å². The second kappa shape index (κ2) is 11.4. The molecule has 0 spiro atoms. The van der Waals surface area contributed by atoms with Crippen molar-refractivity contribution in [2.24, 2.45) is 0 Å². The molecule has 2 aromatic carbocycles. The summed E-state index contributed by atoms with van der Waals surface area (Å²) in [5.74, 6) is -1.82. The van der Waals surface area contributed by atoms with Crippen LogP contribution in [-0.2, 0) is 20.8 Å². The highest BCUT2D eigenvalue weighted by Gasteiger charge is 2.32. The summed E-state index contributed by atoms with van der Waals surface area (Å²) < 4.78 is 0.376. The van der Waals surface area contributed by atoms with Gasteiger partial charge < -0.3 is 10.4 Å². The molecule has 1 aliphatic rings. The molecule has 0 bridgehead atoms. The molecule has 1 heterocycles. The highest BCUT2D eigenvalue weighted by molar-refractivity contribution is 8.26. The molecule has 3 rings (SSSR count). The molecule has 2 amide bonds. The highest BCUT2D eigenvalue weighted by atomic mass is 32.2. The molecule has 2 N–H and O–H groups in total. The van der Waals surface area contributed by atoms with Gasteiger partial charge in [0.15, 0.2) is 0 Å². The number of rotatable bonds is 9.